The van der Waals surface area contributed by atoms with Gasteiger partial charge in [0, 0.05) is 21.0 Å². The number of carbonyl (C=O) groups excluding carboxylic acids is 1. The van der Waals surface area contributed by atoms with E-state index in [9.17, 15) is 4.79 Å². The highest BCUT2D eigenvalue weighted by Gasteiger charge is 2.46. The van der Waals surface area contributed by atoms with Gasteiger partial charge < -0.3 is 10.2 Å². The summed E-state index contributed by atoms with van der Waals surface area (Å²) >= 11 is 13.4. The molecule has 3 saturated heterocycles. The first-order valence-electron chi connectivity index (χ1n) is 16.2. The van der Waals surface area contributed by atoms with Crippen molar-refractivity contribution in [2.75, 3.05) is 25.0 Å². The molecular formula is C40H34Cl2N4O. The van der Waals surface area contributed by atoms with Crippen molar-refractivity contribution in [2.45, 2.75) is 24.8 Å². The van der Waals surface area contributed by atoms with Crippen molar-refractivity contribution in [3.05, 3.63) is 154 Å². The first kappa shape index (κ1) is 29.9. The average Bonchev–Trinajstić information content (AvgIpc) is 3.48. The van der Waals surface area contributed by atoms with E-state index >= 15 is 0 Å². The fourth-order valence-corrected chi connectivity index (χ4v) is 8.32. The molecule has 3 aliphatic rings. The number of anilines is 1. The van der Waals surface area contributed by atoms with E-state index in [-0.39, 0.29) is 11.3 Å². The first-order valence-corrected chi connectivity index (χ1v) is 16.9. The Labute approximate surface area is 284 Å². The summed E-state index contributed by atoms with van der Waals surface area (Å²) in [5.74, 6) is 0.582. The highest BCUT2D eigenvalue weighted by Crippen LogP contribution is 2.46. The normalized spacial score (nSPS) is 19.1. The number of halogens is 2. The smallest absolute Gasteiger partial charge is 0.231 e. The van der Waals surface area contributed by atoms with E-state index in [1.165, 1.54) is 0 Å². The van der Waals surface area contributed by atoms with E-state index in [1.807, 2.05) is 42.5 Å². The molecular weight excluding hydrogens is 623 g/mol. The van der Waals surface area contributed by atoms with Crippen LogP contribution in [0.4, 0.5) is 5.82 Å². The van der Waals surface area contributed by atoms with Gasteiger partial charge >= 0.3 is 0 Å². The number of carbonyl (C=O) groups is 1. The Morgan fingerprint density at radius 3 is 1.70 bits per heavy atom. The molecule has 2 bridgehead atoms. The molecule has 0 aliphatic carbocycles. The van der Waals surface area contributed by atoms with Gasteiger partial charge in [-0.15, -0.1) is 0 Å². The molecule has 0 radical (unpaired) electrons. The van der Waals surface area contributed by atoms with Crippen LogP contribution in [0.5, 0.6) is 0 Å². The fraction of sp³-hybridized carbons (Fsp3) is 0.200. The van der Waals surface area contributed by atoms with E-state index in [2.05, 4.69) is 99.8 Å². The summed E-state index contributed by atoms with van der Waals surface area (Å²) in [6.07, 6.45) is 2.58. The van der Waals surface area contributed by atoms with Crippen molar-refractivity contribution >= 4 is 45.8 Å². The van der Waals surface area contributed by atoms with Gasteiger partial charge in [0.1, 0.15) is 5.54 Å². The third-order valence-corrected chi connectivity index (χ3v) is 10.9. The Balaban J connectivity index is 1.41. The third-order valence-electron chi connectivity index (χ3n) is 10.3. The number of fused-ring (bicyclic) bond motifs is 4. The lowest BCUT2D eigenvalue weighted by molar-refractivity contribution is -0.132. The Bertz CT molecular complexity index is 1940. The molecule has 0 atom stereocenters. The van der Waals surface area contributed by atoms with Crippen molar-refractivity contribution in [1.82, 2.24) is 14.7 Å². The zero-order valence-corrected chi connectivity index (χ0v) is 27.4. The molecule has 1 N–H and O–H groups in total. The SMILES string of the molecule is O=C(Nc1nn(C(c2ccccc2)(c2ccccc2)c2ccccc2)c2ccc(-c3c(Cl)cccc3Cl)cc12)C12CCN(CC1)CC2. The molecule has 3 aliphatic heterocycles. The predicted octanol–water partition coefficient (Wildman–Crippen LogP) is 9.27. The summed E-state index contributed by atoms with van der Waals surface area (Å²) in [5, 5.41) is 10.7. The summed E-state index contributed by atoms with van der Waals surface area (Å²) in [4.78, 5) is 16.8. The van der Waals surface area contributed by atoms with Gasteiger partial charge in [-0.05, 0) is 85.4 Å². The molecule has 9 rings (SSSR count). The Hall–Kier alpha value is -4.42. The van der Waals surface area contributed by atoms with E-state index in [0.717, 1.165) is 77.6 Å². The second-order valence-electron chi connectivity index (χ2n) is 12.7. The quantitative estimate of drug-likeness (QED) is 0.174. The molecule has 6 aromatic rings. The Morgan fingerprint density at radius 2 is 1.19 bits per heavy atom. The molecule has 4 heterocycles. The van der Waals surface area contributed by atoms with Crippen molar-refractivity contribution in [3.8, 4) is 11.1 Å². The lowest BCUT2D eigenvalue weighted by Crippen LogP contribution is -2.53. The molecule has 0 unspecified atom stereocenters. The number of hydrogen-bond donors (Lipinski definition) is 1. The summed E-state index contributed by atoms with van der Waals surface area (Å²) in [6, 6.07) is 43.1. The molecule has 1 aromatic heterocycles. The maximum atomic E-state index is 14.3. The van der Waals surface area contributed by atoms with Crippen LogP contribution in [0, 0.1) is 5.41 Å². The van der Waals surface area contributed by atoms with Gasteiger partial charge in [0.25, 0.3) is 0 Å². The molecule has 5 aromatic carbocycles. The minimum atomic E-state index is -0.858. The maximum absolute atomic E-state index is 14.3. The molecule has 5 nitrogen and oxygen atoms in total. The minimum Gasteiger partial charge on any atom is -0.308 e. The average molecular weight is 658 g/mol. The Kier molecular flexibility index (Phi) is 7.64. The lowest BCUT2D eigenvalue weighted by Gasteiger charge is -2.46. The van der Waals surface area contributed by atoms with Crippen LogP contribution in [0.3, 0.4) is 0 Å². The van der Waals surface area contributed by atoms with Gasteiger partial charge in [-0.3, -0.25) is 4.79 Å². The number of amides is 1. The highest BCUT2D eigenvalue weighted by atomic mass is 35.5. The van der Waals surface area contributed by atoms with Gasteiger partial charge in [0.2, 0.25) is 5.91 Å². The second-order valence-corrected chi connectivity index (χ2v) is 13.5. The number of nitrogens with zero attached hydrogens (tertiary/aromatic N) is 3. The summed E-state index contributed by atoms with van der Waals surface area (Å²) in [5.41, 5.74) is 4.40. The van der Waals surface area contributed by atoms with Crippen LogP contribution in [-0.4, -0.2) is 40.2 Å². The van der Waals surface area contributed by atoms with E-state index < -0.39 is 5.54 Å². The number of nitrogens with one attached hydrogen (secondary N) is 1. The van der Waals surface area contributed by atoms with Crippen molar-refractivity contribution < 1.29 is 4.79 Å². The Morgan fingerprint density at radius 1 is 0.681 bits per heavy atom. The van der Waals surface area contributed by atoms with Crippen LogP contribution >= 0.6 is 23.2 Å². The van der Waals surface area contributed by atoms with Crippen molar-refractivity contribution in [1.29, 1.82) is 0 Å². The van der Waals surface area contributed by atoms with E-state index in [1.54, 1.807) is 0 Å². The number of rotatable bonds is 7. The third kappa shape index (κ3) is 4.96. The monoisotopic (exact) mass is 656 g/mol. The van der Waals surface area contributed by atoms with Crippen molar-refractivity contribution in [3.63, 3.8) is 0 Å². The molecule has 47 heavy (non-hydrogen) atoms. The molecule has 0 saturated carbocycles. The standard InChI is InChI=1S/C40H34Cl2N4O/c41-33-17-10-18-34(42)36(33)28-19-20-35-32(27-28)37(43-38(47)39-21-24-45(25-22-39)26-23-39)44-46(35)40(29-11-4-1-5-12-29,30-13-6-2-7-14-30)31-15-8-3-9-16-31/h1-20,27H,21-26H2,(H,43,44,47). The topological polar surface area (TPSA) is 50.2 Å². The molecule has 3 fully saturated rings. The minimum absolute atomic E-state index is 0.0503. The molecule has 7 heteroatoms. The van der Waals surface area contributed by atoms with Gasteiger partial charge in [0.05, 0.1) is 10.9 Å². The van der Waals surface area contributed by atoms with Gasteiger partial charge in [-0.1, -0.05) is 126 Å². The number of piperidine rings is 3. The van der Waals surface area contributed by atoms with Crippen LogP contribution in [0.25, 0.3) is 22.0 Å². The summed E-state index contributed by atoms with van der Waals surface area (Å²) < 4.78 is 2.09. The van der Waals surface area contributed by atoms with Gasteiger partial charge in [0.15, 0.2) is 5.82 Å². The zero-order chi connectivity index (χ0) is 32.0. The van der Waals surface area contributed by atoms with Crippen LogP contribution in [0.2, 0.25) is 10.0 Å². The molecule has 234 valence electrons. The predicted molar refractivity (Wildman–Crippen MR) is 191 cm³/mol. The summed E-state index contributed by atoms with van der Waals surface area (Å²) in [7, 11) is 0. The van der Waals surface area contributed by atoms with E-state index in [4.69, 9.17) is 28.3 Å². The zero-order valence-electron chi connectivity index (χ0n) is 25.9. The van der Waals surface area contributed by atoms with Crippen LogP contribution in [-0.2, 0) is 10.3 Å². The van der Waals surface area contributed by atoms with Gasteiger partial charge in [-0.25, -0.2) is 4.68 Å². The largest absolute Gasteiger partial charge is 0.308 e. The molecule has 0 spiro atoms. The van der Waals surface area contributed by atoms with Gasteiger partial charge in [-0.2, -0.15) is 5.10 Å². The second kappa shape index (κ2) is 12.0. The van der Waals surface area contributed by atoms with Crippen LogP contribution in [0.1, 0.15) is 36.0 Å². The van der Waals surface area contributed by atoms with E-state index in [0.29, 0.717) is 15.9 Å². The van der Waals surface area contributed by atoms with Crippen molar-refractivity contribution in [2.24, 2.45) is 5.41 Å². The maximum Gasteiger partial charge on any atom is 0.231 e. The number of hydrogen-bond acceptors (Lipinski definition) is 3. The van der Waals surface area contributed by atoms with Crippen LogP contribution in [0.15, 0.2) is 127 Å². The first-order chi connectivity index (χ1) is 23.0. The fourth-order valence-electron chi connectivity index (χ4n) is 7.71. The molecule has 1 amide bonds. The number of benzene rings is 5. The summed E-state index contributed by atoms with van der Waals surface area (Å²) in [6.45, 7) is 2.87. The van der Waals surface area contributed by atoms with Crippen LogP contribution < -0.4 is 5.32 Å². The number of aromatic nitrogens is 2. The highest BCUT2D eigenvalue weighted by molar-refractivity contribution is 6.39. The lowest BCUT2D eigenvalue weighted by atomic mass is 9.71.